The maximum atomic E-state index is 13.6. The van der Waals surface area contributed by atoms with Gasteiger partial charge in [-0.1, -0.05) is 12.1 Å². The van der Waals surface area contributed by atoms with Crippen molar-refractivity contribution in [3.05, 3.63) is 86.3 Å². The Morgan fingerprint density at radius 2 is 1.92 bits per heavy atom. The largest absolute Gasteiger partial charge is 0.462 e. The minimum Gasteiger partial charge on any atom is -0.462 e. The van der Waals surface area contributed by atoms with E-state index in [9.17, 15) is 14.4 Å². The first-order chi connectivity index (χ1) is 18.3. The SMILES string of the molecule is CCOC(=O)c1cc2c(=O)n3cccc(C)c3nc2n(CC2CCCO2)c1=NC(=O)c1ccc(C)c(C)c1. The Hall–Kier alpha value is -4.11. The van der Waals surface area contributed by atoms with Crippen LogP contribution in [0, 0.1) is 20.8 Å². The van der Waals surface area contributed by atoms with E-state index in [0.29, 0.717) is 23.5 Å². The Kier molecular flexibility index (Phi) is 6.94. The van der Waals surface area contributed by atoms with E-state index in [-0.39, 0.29) is 41.3 Å². The Labute approximate surface area is 219 Å². The molecule has 4 heterocycles. The molecule has 1 aliphatic rings. The average molecular weight is 515 g/mol. The highest BCUT2D eigenvalue weighted by Gasteiger charge is 2.24. The van der Waals surface area contributed by atoms with E-state index < -0.39 is 11.9 Å². The summed E-state index contributed by atoms with van der Waals surface area (Å²) in [4.78, 5) is 49.5. The molecule has 3 aromatic heterocycles. The fourth-order valence-corrected chi connectivity index (χ4v) is 4.77. The summed E-state index contributed by atoms with van der Waals surface area (Å²) in [6.45, 7) is 8.48. The molecule has 0 spiro atoms. The number of nitrogens with zero attached hydrogens (tertiary/aromatic N) is 4. The molecule has 1 saturated heterocycles. The molecular weight excluding hydrogens is 484 g/mol. The third-order valence-corrected chi connectivity index (χ3v) is 6.97. The number of rotatable bonds is 5. The standard InChI is InChI=1S/C29H30N4O5/c1-5-37-29(36)23-15-22-25(30-24-18(3)8-6-12-32(24)28(22)35)33(16-21-9-7-13-38-21)26(23)31-27(34)20-11-10-17(2)19(4)14-20/h6,8,10-12,14-15,21H,5,7,9,13,16H2,1-4H3. The first-order valence-corrected chi connectivity index (χ1v) is 12.8. The molecule has 9 nitrogen and oxygen atoms in total. The zero-order valence-corrected chi connectivity index (χ0v) is 22.0. The molecule has 1 atom stereocenters. The fourth-order valence-electron chi connectivity index (χ4n) is 4.77. The molecule has 0 saturated carbocycles. The zero-order valence-electron chi connectivity index (χ0n) is 22.0. The van der Waals surface area contributed by atoms with Gasteiger partial charge in [0.05, 0.1) is 24.6 Å². The van der Waals surface area contributed by atoms with Crippen molar-refractivity contribution in [3.63, 3.8) is 0 Å². The predicted octanol–water partition coefficient (Wildman–Crippen LogP) is 3.67. The summed E-state index contributed by atoms with van der Waals surface area (Å²) in [6, 6.07) is 10.4. The highest BCUT2D eigenvalue weighted by Crippen LogP contribution is 2.18. The third kappa shape index (κ3) is 4.65. The molecule has 38 heavy (non-hydrogen) atoms. The zero-order chi connectivity index (χ0) is 27.0. The second kappa shape index (κ2) is 10.3. The highest BCUT2D eigenvalue weighted by molar-refractivity contribution is 5.97. The quantitative estimate of drug-likeness (QED) is 0.297. The fraction of sp³-hybridized carbons (Fsp3) is 0.345. The van der Waals surface area contributed by atoms with E-state index in [4.69, 9.17) is 14.5 Å². The van der Waals surface area contributed by atoms with Crippen LogP contribution >= 0.6 is 0 Å². The molecular formula is C29H30N4O5. The first kappa shape index (κ1) is 25.5. The molecule has 0 N–H and O–H groups in total. The molecule has 196 valence electrons. The van der Waals surface area contributed by atoms with Gasteiger partial charge in [0.2, 0.25) is 0 Å². The van der Waals surface area contributed by atoms with Crippen LogP contribution in [0.3, 0.4) is 0 Å². The summed E-state index contributed by atoms with van der Waals surface area (Å²) in [5.74, 6) is -1.18. The number of esters is 1. The van der Waals surface area contributed by atoms with E-state index >= 15 is 0 Å². The number of aryl methyl sites for hydroxylation is 3. The Balaban J connectivity index is 1.87. The normalized spacial score (nSPS) is 15.9. The van der Waals surface area contributed by atoms with Gasteiger partial charge < -0.3 is 14.0 Å². The van der Waals surface area contributed by atoms with E-state index in [0.717, 1.165) is 29.5 Å². The third-order valence-electron chi connectivity index (χ3n) is 6.97. The number of carbonyl (C=O) groups is 2. The van der Waals surface area contributed by atoms with Crippen LogP contribution in [-0.2, 0) is 16.0 Å². The number of benzene rings is 1. The maximum absolute atomic E-state index is 13.6. The van der Waals surface area contributed by atoms with Crippen LogP contribution in [0.25, 0.3) is 16.7 Å². The minimum atomic E-state index is -0.670. The molecule has 1 unspecified atom stereocenters. The van der Waals surface area contributed by atoms with Gasteiger partial charge in [0, 0.05) is 18.4 Å². The lowest BCUT2D eigenvalue weighted by Crippen LogP contribution is -2.35. The summed E-state index contributed by atoms with van der Waals surface area (Å²) in [6.07, 6.45) is 3.16. The van der Waals surface area contributed by atoms with Gasteiger partial charge in [0.1, 0.15) is 16.9 Å². The van der Waals surface area contributed by atoms with Gasteiger partial charge in [-0.25, -0.2) is 9.78 Å². The van der Waals surface area contributed by atoms with Gasteiger partial charge in [-0.3, -0.25) is 14.0 Å². The molecule has 9 heteroatoms. The minimum absolute atomic E-state index is 0.0287. The van der Waals surface area contributed by atoms with E-state index in [1.807, 2.05) is 32.9 Å². The molecule has 5 rings (SSSR count). The molecule has 1 fully saturated rings. The molecule has 1 aromatic carbocycles. The summed E-state index contributed by atoms with van der Waals surface area (Å²) in [7, 11) is 0. The van der Waals surface area contributed by atoms with Crippen molar-refractivity contribution in [1.29, 1.82) is 0 Å². The second-order valence-corrected chi connectivity index (χ2v) is 9.60. The number of amides is 1. The van der Waals surface area contributed by atoms with Crippen molar-refractivity contribution in [1.82, 2.24) is 14.0 Å². The lowest BCUT2D eigenvalue weighted by molar-refractivity contribution is 0.0521. The molecule has 4 aromatic rings. The van der Waals surface area contributed by atoms with Crippen LogP contribution in [-0.4, -0.2) is 45.1 Å². The highest BCUT2D eigenvalue weighted by atomic mass is 16.5. The van der Waals surface area contributed by atoms with Crippen molar-refractivity contribution < 1.29 is 19.1 Å². The Morgan fingerprint density at radius 1 is 1.11 bits per heavy atom. The van der Waals surface area contributed by atoms with Gasteiger partial charge >= 0.3 is 5.97 Å². The van der Waals surface area contributed by atoms with Crippen molar-refractivity contribution >= 4 is 28.6 Å². The molecule has 0 bridgehead atoms. The molecule has 0 aliphatic carbocycles. The van der Waals surface area contributed by atoms with Crippen LogP contribution < -0.4 is 11.0 Å². The lowest BCUT2D eigenvalue weighted by atomic mass is 10.1. The van der Waals surface area contributed by atoms with Gasteiger partial charge in [0.25, 0.3) is 11.5 Å². The van der Waals surface area contributed by atoms with Crippen LogP contribution in [0.15, 0.2) is 52.4 Å². The summed E-state index contributed by atoms with van der Waals surface area (Å²) in [5, 5.41) is 0.228. The smallest absolute Gasteiger partial charge is 0.341 e. The number of pyridine rings is 2. The number of hydrogen-bond acceptors (Lipinski definition) is 6. The summed E-state index contributed by atoms with van der Waals surface area (Å²) >= 11 is 0. The molecule has 0 radical (unpaired) electrons. The lowest BCUT2D eigenvalue weighted by Gasteiger charge is -2.18. The number of fused-ring (bicyclic) bond motifs is 2. The van der Waals surface area contributed by atoms with Crippen molar-refractivity contribution in [3.8, 4) is 0 Å². The van der Waals surface area contributed by atoms with Crippen LogP contribution in [0.4, 0.5) is 0 Å². The monoisotopic (exact) mass is 514 g/mol. The summed E-state index contributed by atoms with van der Waals surface area (Å²) < 4.78 is 14.4. The number of hydrogen-bond donors (Lipinski definition) is 0. The van der Waals surface area contributed by atoms with Crippen molar-refractivity contribution in [2.45, 2.75) is 53.2 Å². The number of aromatic nitrogens is 3. The van der Waals surface area contributed by atoms with Gasteiger partial charge in [-0.15, -0.1) is 0 Å². The Bertz CT molecular complexity index is 1710. The number of ether oxygens (including phenoxy) is 2. The van der Waals surface area contributed by atoms with E-state index in [1.54, 1.807) is 35.9 Å². The summed E-state index contributed by atoms with van der Waals surface area (Å²) in [5.41, 5.74) is 3.84. The average Bonchev–Trinajstić information content (AvgIpc) is 3.41. The number of carbonyl (C=O) groups excluding carboxylic acids is 2. The maximum Gasteiger partial charge on any atom is 0.341 e. The van der Waals surface area contributed by atoms with Crippen molar-refractivity contribution in [2.75, 3.05) is 13.2 Å². The molecule has 1 amide bonds. The first-order valence-electron chi connectivity index (χ1n) is 12.8. The van der Waals surface area contributed by atoms with Gasteiger partial charge in [-0.2, -0.15) is 4.99 Å². The molecule has 1 aliphatic heterocycles. The second-order valence-electron chi connectivity index (χ2n) is 9.60. The Morgan fingerprint density at radius 3 is 2.63 bits per heavy atom. The van der Waals surface area contributed by atoms with E-state index in [1.165, 1.54) is 10.5 Å². The van der Waals surface area contributed by atoms with Gasteiger partial charge in [0.15, 0.2) is 5.49 Å². The predicted molar refractivity (Wildman–Crippen MR) is 142 cm³/mol. The van der Waals surface area contributed by atoms with Crippen molar-refractivity contribution in [2.24, 2.45) is 4.99 Å². The van der Waals surface area contributed by atoms with Crippen LogP contribution in [0.2, 0.25) is 0 Å². The van der Waals surface area contributed by atoms with E-state index in [2.05, 4.69) is 4.99 Å². The van der Waals surface area contributed by atoms with Crippen LogP contribution in [0.1, 0.15) is 57.2 Å². The van der Waals surface area contributed by atoms with Crippen LogP contribution in [0.5, 0.6) is 0 Å². The topological polar surface area (TPSA) is 104 Å². The van der Waals surface area contributed by atoms with Gasteiger partial charge in [-0.05, 0) is 81.5 Å².